The van der Waals surface area contributed by atoms with Gasteiger partial charge in [0, 0.05) is 35.0 Å². The first-order chi connectivity index (χ1) is 18.8. The molecule has 0 aromatic heterocycles. The molecule has 3 N–H and O–H groups in total. The Morgan fingerprint density at radius 3 is 2.67 bits per heavy atom. The number of nitrogens with one attached hydrogen (secondary N) is 3. The Hall–Kier alpha value is -3.72. The van der Waals surface area contributed by atoms with Crippen LogP contribution in [-0.4, -0.2) is 56.3 Å². The minimum absolute atomic E-state index is 0.0136. The molecule has 3 heterocycles. The maximum atomic E-state index is 14.0. The largest absolute Gasteiger partial charge is 0.497 e. The monoisotopic (exact) mass is 531 g/mol. The first kappa shape index (κ1) is 26.9. The van der Waals surface area contributed by atoms with Crippen molar-refractivity contribution in [2.24, 2.45) is 22.2 Å². The van der Waals surface area contributed by atoms with E-state index in [0.29, 0.717) is 35.3 Å². The molecule has 0 radical (unpaired) electrons. The topological polar surface area (TPSA) is 112 Å². The number of hydrogen-bond acceptors (Lipinski definition) is 6. The van der Waals surface area contributed by atoms with Crippen LogP contribution in [0.2, 0.25) is 0 Å². The molecule has 0 spiro atoms. The van der Waals surface area contributed by atoms with Crippen LogP contribution >= 0.6 is 0 Å². The number of urea groups is 1. The first-order valence-corrected chi connectivity index (χ1v) is 13.7. The summed E-state index contributed by atoms with van der Waals surface area (Å²) in [5.41, 5.74) is 2.20. The molecule has 2 saturated heterocycles. The van der Waals surface area contributed by atoms with Gasteiger partial charge >= 0.3 is 6.03 Å². The summed E-state index contributed by atoms with van der Waals surface area (Å²) in [4.78, 5) is 47.3. The Kier molecular flexibility index (Phi) is 7.70. The van der Waals surface area contributed by atoms with Gasteiger partial charge in [0.05, 0.1) is 19.3 Å². The zero-order valence-corrected chi connectivity index (χ0v) is 22.8. The average molecular weight is 532 g/mol. The lowest BCUT2D eigenvalue weighted by molar-refractivity contribution is -0.130. The highest BCUT2D eigenvalue weighted by atomic mass is 16.5. The molecule has 2 aromatic rings. The second-order valence-electron chi connectivity index (χ2n) is 11.1. The van der Waals surface area contributed by atoms with Crippen molar-refractivity contribution in [2.75, 3.05) is 37.0 Å². The van der Waals surface area contributed by atoms with Crippen molar-refractivity contribution in [3.63, 3.8) is 0 Å². The highest BCUT2D eigenvalue weighted by Crippen LogP contribution is 2.42. The van der Waals surface area contributed by atoms with Crippen molar-refractivity contribution >= 4 is 34.8 Å². The van der Waals surface area contributed by atoms with Crippen LogP contribution in [0.25, 0.3) is 0 Å². The molecule has 1 unspecified atom stereocenters. The Labute approximate surface area is 229 Å². The SMILES string of the molecule is COc1cccc(NC(=O)NC2N=C(C(C)C)c3ccccc3N(CC(=O)C34CCC(CC3)CNC4)C2=O)c1. The summed E-state index contributed by atoms with van der Waals surface area (Å²) in [6.07, 6.45) is 2.54. The molecule has 4 aliphatic rings. The number of carbonyl (C=O) groups is 3. The number of methoxy groups -OCH3 is 1. The van der Waals surface area contributed by atoms with E-state index in [1.807, 2.05) is 38.1 Å². The normalized spacial score (nSPS) is 24.4. The van der Waals surface area contributed by atoms with E-state index >= 15 is 0 Å². The van der Waals surface area contributed by atoms with Gasteiger partial charge in [-0.3, -0.25) is 14.6 Å². The van der Waals surface area contributed by atoms with E-state index in [9.17, 15) is 14.4 Å². The highest BCUT2D eigenvalue weighted by molar-refractivity contribution is 6.15. The van der Waals surface area contributed by atoms with Crippen LogP contribution in [0.1, 0.15) is 45.1 Å². The Balaban J connectivity index is 1.44. The Morgan fingerprint density at radius 1 is 1.15 bits per heavy atom. The molecule has 3 aliphatic heterocycles. The molecular formula is C30H37N5O4. The second-order valence-corrected chi connectivity index (χ2v) is 11.1. The molecule has 1 aliphatic carbocycles. The molecule has 1 saturated carbocycles. The molecule has 9 heteroatoms. The van der Waals surface area contributed by atoms with Crippen molar-refractivity contribution in [1.82, 2.24) is 10.6 Å². The summed E-state index contributed by atoms with van der Waals surface area (Å²) in [6.45, 7) is 5.54. The molecule has 2 bridgehead atoms. The Morgan fingerprint density at radius 2 is 1.92 bits per heavy atom. The number of rotatable bonds is 7. The maximum Gasteiger partial charge on any atom is 0.321 e. The van der Waals surface area contributed by atoms with Crippen LogP contribution in [0.3, 0.4) is 0 Å². The number of ketones is 1. The predicted octanol–water partition coefficient (Wildman–Crippen LogP) is 3.98. The lowest BCUT2D eigenvalue weighted by atomic mass is 9.69. The number of nitrogens with zero attached hydrogens (tertiary/aromatic N) is 2. The van der Waals surface area contributed by atoms with Gasteiger partial charge in [0.2, 0.25) is 6.17 Å². The third-order valence-electron chi connectivity index (χ3n) is 8.23. The quantitative estimate of drug-likeness (QED) is 0.500. The summed E-state index contributed by atoms with van der Waals surface area (Å²) in [7, 11) is 1.55. The van der Waals surface area contributed by atoms with Crippen LogP contribution in [0.5, 0.6) is 5.75 Å². The lowest BCUT2D eigenvalue weighted by Crippen LogP contribution is -2.52. The van der Waals surface area contributed by atoms with E-state index < -0.39 is 23.5 Å². The van der Waals surface area contributed by atoms with Crippen LogP contribution in [0, 0.1) is 17.3 Å². The molecular weight excluding hydrogens is 494 g/mol. The van der Waals surface area contributed by atoms with E-state index in [2.05, 4.69) is 16.0 Å². The molecule has 1 atom stereocenters. The molecule has 3 amide bonds. The van der Waals surface area contributed by atoms with Crippen molar-refractivity contribution in [2.45, 2.75) is 45.7 Å². The van der Waals surface area contributed by atoms with Gasteiger partial charge in [-0.25, -0.2) is 4.79 Å². The number of benzodiazepines with no additional fused rings is 1. The number of hydrogen-bond donors (Lipinski definition) is 3. The number of fused-ring (bicyclic) bond motifs is 5. The molecule has 6 rings (SSSR count). The third-order valence-corrected chi connectivity index (χ3v) is 8.23. The van der Waals surface area contributed by atoms with Gasteiger partial charge in [-0.15, -0.1) is 0 Å². The van der Waals surface area contributed by atoms with Crippen LogP contribution in [0.15, 0.2) is 53.5 Å². The van der Waals surface area contributed by atoms with Crippen LogP contribution in [-0.2, 0) is 9.59 Å². The number of para-hydroxylation sites is 1. The Bertz CT molecular complexity index is 1280. The minimum atomic E-state index is -1.19. The number of aliphatic imine (C=N–C) groups is 1. The summed E-state index contributed by atoms with van der Waals surface area (Å²) < 4.78 is 5.23. The smallest absolute Gasteiger partial charge is 0.321 e. The van der Waals surface area contributed by atoms with Gasteiger partial charge in [0.1, 0.15) is 5.75 Å². The van der Waals surface area contributed by atoms with Crippen molar-refractivity contribution in [3.05, 3.63) is 54.1 Å². The van der Waals surface area contributed by atoms with Gasteiger partial charge in [-0.1, -0.05) is 38.1 Å². The predicted molar refractivity (Wildman–Crippen MR) is 151 cm³/mol. The van der Waals surface area contributed by atoms with Crippen LogP contribution in [0.4, 0.5) is 16.2 Å². The average Bonchev–Trinajstić information content (AvgIpc) is 3.33. The van der Waals surface area contributed by atoms with E-state index in [1.165, 1.54) is 4.90 Å². The van der Waals surface area contributed by atoms with Gasteiger partial charge in [0.15, 0.2) is 5.78 Å². The fraction of sp³-hybridized carbons (Fsp3) is 0.467. The lowest BCUT2D eigenvalue weighted by Gasteiger charge is -2.36. The summed E-state index contributed by atoms with van der Waals surface area (Å²) in [5, 5.41) is 8.98. The number of amides is 3. The van der Waals surface area contributed by atoms with E-state index in [1.54, 1.807) is 31.4 Å². The molecule has 206 valence electrons. The number of Topliss-reactive ketones (excluding diaryl/α,β-unsaturated/α-hetero) is 1. The van der Waals surface area contributed by atoms with Gasteiger partial charge in [-0.05, 0) is 62.3 Å². The van der Waals surface area contributed by atoms with Gasteiger partial charge in [0.25, 0.3) is 5.91 Å². The van der Waals surface area contributed by atoms with Crippen LogP contribution < -0.4 is 25.6 Å². The standard InChI is InChI=1S/C30H37N5O4/c1-19(2)26-23-9-4-5-10-24(23)35(17-25(36)30-13-11-20(12-14-30)16-31-18-30)28(37)27(33-26)34-29(38)32-21-7-6-8-22(15-21)39-3/h4-10,15,19-20,27,31H,11-14,16-18H2,1-3H3,(H2,32,34,38). The number of anilines is 2. The fourth-order valence-corrected chi connectivity index (χ4v) is 5.98. The number of benzene rings is 2. The zero-order chi connectivity index (χ0) is 27.6. The summed E-state index contributed by atoms with van der Waals surface area (Å²) in [5.74, 6) is 0.831. The number of carbonyl (C=O) groups excluding carboxylic acids is 3. The van der Waals surface area contributed by atoms with Crippen molar-refractivity contribution in [3.8, 4) is 5.75 Å². The molecule has 39 heavy (non-hydrogen) atoms. The second kappa shape index (κ2) is 11.2. The van der Waals surface area contributed by atoms with Gasteiger partial charge < -0.3 is 25.6 Å². The van der Waals surface area contributed by atoms with Crippen molar-refractivity contribution < 1.29 is 19.1 Å². The molecule has 2 aromatic carbocycles. The molecule has 3 fully saturated rings. The highest BCUT2D eigenvalue weighted by Gasteiger charge is 2.45. The summed E-state index contributed by atoms with van der Waals surface area (Å²) in [6, 6.07) is 13.9. The molecule has 9 nitrogen and oxygen atoms in total. The van der Waals surface area contributed by atoms with Crippen molar-refractivity contribution in [1.29, 1.82) is 0 Å². The summed E-state index contributed by atoms with van der Waals surface area (Å²) >= 11 is 0. The zero-order valence-electron chi connectivity index (χ0n) is 22.8. The maximum absolute atomic E-state index is 14.0. The van der Waals surface area contributed by atoms with E-state index in [4.69, 9.17) is 9.73 Å². The number of ether oxygens (including phenoxy) is 1. The van der Waals surface area contributed by atoms with Gasteiger partial charge in [-0.2, -0.15) is 0 Å². The minimum Gasteiger partial charge on any atom is -0.497 e. The first-order valence-electron chi connectivity index (χ1n) is 13.7. The third kappa shape index (κ3) is 5.54. The van der Waals surface area contributed by atoms with E-state index in [0.717, 1.165) is 37.8 Å². The fourth-order valence-electron chi connectivity index (χ4n) is 5.98. The van der Waals surface area contributed by atoms with E-state index in [-0.39, 0.29) is 18.2 Å².